The molecule has 116 valence electrons. The summed E-state index contributed by atoms with van der Waals surface area (Å²) in [5, 5.41) is 26.5. The predicted molar refractivity (Wildman–Crippen MR) is 76.8 cm³/mol. The van der Waals surface area contributed by atoms with Crippen LogP contribution in [0.25, 0.3) is 0 Å². The van der Waals surface area contributed by atoms with Crippen LogP contribution in [0.15, 0.2) is 0 Å². The summed E-state index contributed by atoms with van der Waals surface area (Å²) in [7, 11) is 0. The van der Waals surface area contributed by atoms with Gasteiger partial charge in [0.25, 0.3) is 0 Å². The van der Waals surface area contributed by atoms with Crippen molar-refractivity contribution in [1.82, 2.24) is 4.90 Å². The van der Waals surface area contributed by atoms with E-state index in [1.165, 1.54) is 0 Å². The minimum atomic E-state index is -0.682. The van der Waals surface area contributed by atoms with Gasteiger partial charge in [-0.05, 0) is 26.7 Å². The Kier molecular flexibility index (Phi) is 15.0. The Morgan fingerprint density at radius 3 is 1.79 bits per heavy atom. The number of nitrogens with zero attached hydrogens (tertiary/aromatic N) is 1. The fraction of sp³-hybridized carbons (Fsp3) is 0.929. The minimum absolute atomic E-state index is 0.327. The molecule has 0 heterocycles. The van der Waals surface area contributed by atoms with E-state index in [1.54, 1.807) is 18.7 Å². The smallest absolute Gasteiger partial charge is 0.303 e. The molecule has 0 amide bonds. The first kappa shape index (κ1) is 20.7. The fourth-order valence-electron chi connectivity index (χ4n) is 1.55. The normalized spacial score (nSPS) is 13.6. The van der Waals surface area contributed by atoms with Gasteiger partial charge in [0.05, 0.1) is 0 Å². The number of aliphatic carboxylic acids is 1. The largest absolute Gasteiger partial charge is 0.481 e. The Morgan fingerprint density at radius 2 is 1.47 bits per heavy atom. The zero-order chi connectivity index (χ0) is 15.3. The van der Waals surface area contributed by atoms with Crippen LogP contribution in [0.5, 0.6) is 0 Å². The quantitative estimate of drug-likeness (QED) is 0.445. The molecule has 0 aliphatic carbocycles. The molecule has 0 aromatic heterocycles. The van der Waals surface area contributed by atoms with Crippen molar-refractivity contribution in [3.05, 3.63) is 0 Å². The van der Waals surface area contributed by atoms with Crippen LogP contribution in [0, 0.1) is 0 Å². The van der Waals surface area contributed by atoms with Gasteiger partial charge in [0.15, 0.2) is 0 Å². The van der Waals surface area contributed by atoms with Crippen LogP contribution in [0.4, 0.5) is 0 Å². The summed E-state index contributed by atoms with van der Waals surface area (Å²) in [6, 6.07) is 0. The number of rotatable bonds is 9. The van der Waals surface area contributed by atoms with Gasteiger partial charge in [0, 0.05) is 13.0 Å². The summed E-state index contributed by atoms with van der Waals surface area (Å²) in [5.41, 5.74) is 0. The van der Waals surface area contributed by atoms with E-state index in [0.29, 0.717) is 6.42 Å². The van der Waals surface area contributed by atoms with Crippen LogP contribution < -0.4 is 0 Å². The number of carboxylic acid groups (broad SMARTS) is 1. The highest BCUT2D eigenvalue weighted by Gasteiger charge is 2.14. The first-order valence-electron chi connectivity index (χ1n) is 7.20. The highest BCUT2D eigenvalue weighted by atomic mass is 16.4. The maximum atomic E-state index is 9.87. The molecule has 0 radical (unpaired) electrons. The molecule has 0 spiro atoms. The molecule has 19 heavy (non-hydrogen) atoms. The van der Waals surface area contributed by atoms with E-state index in [2.05, 4.69) is 13.8 Å². The number of hydrogen-bond acceptors (Lipinski definition) is 4. The predicted octanol–water partition coefficient (Wildman–Crippen LogP) is 2.42. The Balaban J connectivity index is 0. The maximum absolute atomic E-state index is 9.87. The van der Waals surface area contributed by atoms with E-state index in [0.717, 1.165) is 38.6 Å². The fourth-order valence-corrected chi connectivity index (χ4v) is 1.55. The number of aliphatic hydroxyl groups excluding tert-OH is 2. The van der Waals surface area contributed by atoms with Crippen LogP contribution in [-0.2, 0) is 4.79 Å². The second-order valence-corrected chi connectivity index (χ2v) is 4.71. The second kappa shape index (κ2) is 13.8. The average Bonchev–Trinajstić information content (AvgIpc) is 2.29. The Labute approximate surface area is 117 Å². The summed E-state index contributed by atoms with van der Waals surface area (Å²) in [4.78, 5) is 11.5. The molecule has 0 fully saturated rings. The van der Waals surface area contributed by atoms with Crippen LogP contribution >= 0.6 is 0 Å². The molecule has 3 N–H and O–H groups in total. The summed E-state index contributed by atoms with van der Waals surface area (Å²) >= 11 is 0. The molecule has 5 heteroatoms. The van der Waals surface area contributed by atoms with Crippen LogP contribution in [0.2, 0.25) is 0 Å². The number of aliphatic hydroxyl groups is 2. The summed E-state index contributed by atoms with van der Waals surface area (Å²) in [5.74, 6) is -0.682. The third-order valence-corrected chi connectivity index (χ3v) is 2.72. The van der Waals surface area contributed by atoms with E-state index in [1.807, 2.05) is 0 Å². The molecule has 2 unspecified atom stereocenters. The zero-order valence-electron chi connectivity index (χ0n) is 12.8. The molecule has 5 nitrogen and oxygen atoms in total. The standard InChI is InChI=1S/C8H19NO2.C6H12O2/c1-4-5-6-9(7(2)10)8(3)11;1-2-3-4-5-6(7)8/h7-8,10-11H,4-6H2,1-3H3;2-5H2,1H3,(H,7,8). The molecular formula is C14H31NO4. The van der Waals surface area contributed by atoms with Crippen LogP contribution in [-0.4, -0.2) is 45.2 Å². The van der Waals surface area contributed by atoms with Gasteiger partial charge in [-0.3, -0.25) is 9.69 Å². The molecule has 2 atom stereocenters. The van der Waals surface area contributed by atoms with Gasteiger partial charge in [-0.2, -0.15) is 0 Å². The van der Waals surface area contributed by atoms with E-state index < -0.39 is 18.4 Å². The Bertz CT molecular complexity index is 200. The van der Waals surface area contributed by atoms with E-state index >= 15 is 0 Å². The lowest BCUT2D eigenvalue weighted by molar-refractivity contribution is -0.137. The van der Waals surface area contributed by atoms with Crippen molar-refractivity contribution in [3.63, 3.8) is 0 Å². The van der Waals surface area contributed by atoms with Gasteiger partial charge < -0.3 is 15.3 Å². The molecular weight excluding hydrogens is 246 g/mol. The van der Waals surface area contributed by atoms with Gasteiger partial charge >= 0.3 is 5.97 Å². The molecule has 0 bridgehead atoms. The van der Waals surface area contributed by atoms with Crippen molar-refractivity contribution in [2.75, 3.05) is 6.54 Å². The topological polar surface area (TPSA) is 81.0 Å². The number of carboxylic acids is 1. The molecule has 0 saturated carbocycles. The summed E-state index contributed by atoms with van der Waals surface area (Å²) < 4.78 is 0. The van der Waals surface area contributed by atoms with Crippen molar-refractivity contribution in [3.8, 4) is 0 Å². The number of unbranched alkanes of at least 4 members (excludes halogenated alkanes) is 3. The zero-order valence-corrected chi connectivity index (χ0v) is 12.8. The number of carbonyl (C=O) groups is 1. The Morgan fingerprint density at radius 1 is 1.00 bits per heavy atom. The van der Waals surface area contributed by atoms with Crippen molar-refractivity contribution in [1.29, 1.82) is 0 Å². The third-order valence-electron chi connectivity index (χ3n) is 2.72. The molecule has 0 aromatic carbocycles. The lowest BCUT2D eigenvalue weighted by Gasteiger charge is -2.27. The van der Waals surface area contributed by atoms with Gasteiger partial charge in [-0.15, -0.1) is 0 Å². The first-order valence-corrected chi connectivity index (χ1v) is 7.20. The van der Waals surface area contributed by atoms with Gasteiger partial charge in [-0.1, -0.05) is 33.1 Å². The highest BCUT2D eigenvalue weighted by molar-refractivity contribution is 5.66. The highest BCUT2D eigenvalue weighted by Crippen LogP contribution is 2.03. The maximum Gasteiger partial charge on any atom is 0.303 e. The minimum Gasteiger partial charge on any atom is -0.481 e. The summed E-state index contributed by atoms with van der Waals surface area (Å²) in [6.07, 6.45) is 4.26. The Hall–Kier alpha value is -0.650. The number of hydrogen-bond donors (Lipinski definition) is 3. The second-order valence-electron chi connectivity index (χ2n) is 4.71. The molecule has 0 saturated heterocycles. The van der Waals surface area contributed by atoms with Crippen molar-refractivity contribution < 1.29 is 20.1 Å². The first-order chi connectivity index (χ1) is 8.86. The van der Waals surface area contributed by atoms with Crippen molar-refractivity contribution >= 4 is 5.97 Å². The molecule has 0 aromatic rings. The van der Waals surface area contributed by atoms with Crippen molar-refractivity contribution in [2.24, 2.45) is 0 Å². The van der Waals surface area contributed by atoms with E-state index in [4.69, 9.17) is 5.11 Å². The van der Waals surface area contributed by atoms with Crippen LogP contribution in [0.3, 0.4) is 0 Å². The van der Waals surface area contributed by atoms with E-state index in [9.17, 15) is 15.0 Å². The van der Waals surface area contributed by atoms with Gasteiger partial charge in [-0.25, -0.2) is 0 Å². The molecule has 0 aliphatic heterocycles. The van der Waals surface area contributed by atoms with Crippen molar-refractivity contribution in [2.45, 2.75) is 78.7 Å². The average molecular weight is 277 g/mol. The monoisotopic (exact) mass is 277 g/mol. The third kappa shape index (κ3) is 15.3. The summed E-state index contributed by atoms with van der Waals surface area (Å²) in [6.45, 7) is 8.24. The SMILES string of the molecule is CCCCCC(=O)O.CCCCN(C(C)O)C(C)O. The lowest BCUT2D eigenvalue weighted by Crippen LogP contribution is -2.40. The molecule has 0 rings (SSSR count). The van der Waals surface area contributed by atoms with Gasteiger partial charge in [0.1, 0.15) is 12.5 Å². The lowest BCUT2D eigenvalue weighted by atomic mass is 10.2. The van der Waals surface area contributed by atoms with Crippen LogP contribution in [0.1, 0.15) is 66.2 Å². The van der Waals surface area contributed by atoms with Gasteiger partial charge in [0.2, 0.25) is 0 Å². The van der Waals surface area contributed by atoms with E-state index in [-0.39, 0.29) is 0 Å². The molecule has 0 aliphatic rings.